The Bertz CT molecular complexity index is 273. The molecule has 0 bridgehead atoms. The molecular weight excluding hydrogens is 242 g/mol. The number of hydrogen-bond acceptors (Lipinski definition) is 4. The van der Waals surface area contributed by atoms with Crippen molar-refractivity contribution < 1.29 is 9.53 Å². The lowest BCUT2D eigenvalue weighted by Gasteiger charge is -2.39. The summed E-state index contributed by atoms with van der Waals surface area (Å²) in [5.41, 5.74) is 5.80. The minimum atomic E-state index is -0.0657. The van der Waals surface area contributed by atoms with Gasteiger partial charge in [0.25, 0.3) is 0 Å². The second-order valence-corrected chi connectivity index (χ2v) is 5.57. The van der Waals surface area contributed by atoms with E-state index in [4.69, 9.17) is 10.5 Å². The lowest BCUT2D eigenvalue weighted by molar-refractivity contribution is -0.126. The Morgan fingerprint density at radius 2 is 2.32 bits per heavy atom. The van der Waals surface area contributed by atoms with Crippen molar-refractivity contribution >= 4 is 5.91 Å². The van der Waals surface area contributed by atoms with Crippen LogP contribution in [0.5, 0.6) is 0 Å². The van der Waals surface area contributed by atoms with E-state index in [9.17, 15) is 4.79 Å². The van der Waals surface area contributed by atoms with Gasteiger partial charge >= 0.3 is 0 Å². The fourth-order valence-corrected chi connectivity index (χ4v) is 2.58. The first kappa shape index (κ1) is 16.4. The van der Waals surface area contributed by atoms with Crippen molar-refractivity contribution in [3.8, 4) is 0 Å². The second-order valence-electron chi connectivity index (χ2n) is 5.57. The molecule has 1 aliphatic heterocycles. The fourth-order valence-electron chi connectivity index (χ4n) is 2.58. The van der Waals surface area contributed by atoms with Gasteiger partial charge in [0.05, 0.1) is 6.04 Å². The fraction of sp³-hybridized carbons (Fsp3) is 0.929. The lowest BCUT2D eigenvalue weighted by atomic mass is 9.86. The van der Waals surface area contributed by atoms with Gasteiger partial charge in [-0.2, -0.15) is 0 Å². The van der Waals surface area contributed by atoms with Gasteiger partial charge in [-0.15, -0.1) is 0 Å². The van der Waals surface area contributed by atoms with Crippen LogP contribution in [0.1, 0.15) is 26.7 Å². The molecule has 19 heavy (non-hydrogen) atoms. The van der Waals surface area contributed by atoms with Crippen molar-refractivity contribution in [3.05, 3.63) is 0 Å². The number of methoxy groups -OCH3 is 1. The zero-order chi connectivity index (χ0) is 14.3. The molecule has 3 N–H and O–H groups in total. The molecule has 1 aliphatic rings. The summed E-state index contributed by atoms with van der Waals surface area (Å²) in [7, 11) is 1.67. The smallest absolute Gasteiger partial charge is 0.237 e. The van der Waals surface area contributed by atoms with E-state index in [1.54, 1.807) is 7.11 Å². The monoisotopic (exact) mass is 271 g/mol. The molecule has 0 aromatic heterocycles. The predicted molar refractivity (Wildman–Crippen MR) is 76.9 cm³/mol. The van der Waals surface area contributed by atoms with Gasteiger partial charge < -0.3 is 15.8 Å². The normalized spacial score (nSPS) is 26.1. The maximum atomic E-state index is 12.1. The van der Waals surface area contributed by atoms with Gasteiger partial charge in [0.1, 0.15) is 0 Å². The Labute approximate surface area is 116 Å². The summed E-state index contributed by atoms with van der Waals surface area (Å²) in [6.45, 7) is 8.24. The van der Waals surface area contributed by atoms with Crippen molar-refractivity contribution in [1.82, 2.24) is 10.2 Å². The molecule has 5 nitrogen and oxygen atoms in total. The van der Waals surface area contributed by atoms with E-state index < -0.39 is 0 Å². The third-order valence-electron chi connectivity index (χ3n) is 4.20. The van der Waals surface area contributed by atoms with Crippen LogP contribution in [0.3, 0.4) is 0 Å². The molecule has 0 aromatic carbocycles. The maximum absolute atomic E-state index is 12.1. The summed E-state index contributed by atoms with van der Waals surface area (Å²) < 4.78 is 4.97. The molecule has 3 atom stereocenters. The van der Waals surface area contributed by atoms with Crippen molar-refractivity contribution in [3.63, 3.8) is 0 Å². The zero-order valence-electron chi connectivity index (χ0n) is 12.5. The molecule has 112 valence electrons. The van der Waals surface area contributed by atoms with E-state index >= 15 is 0 Å². The Kier molecular flexibility index (Phi) is 7.34. The van der Waals surface area contributed by atoms with Crippen molar-refractivity contribution in [1.29, 1.82) is 0 Å². The minimum Gasteiger partial charge on any atom is -0.385 e. The van der Waals surface area contributed by atoms with E-state index in [1.165, 1.54) is 0 Å². The van der Waals surface area contributed by atoms with Crippen LogP contribution in [0, 0.1) is 11.8 Å². The van der Waals surface area contributed by atoms with Gasteiger partial charge in [-0.3, -0.25) is 9.69 Å². The largest absolute Gasteiger partial charge is 0.385 e. The van der Waals surface area contributed by atoms with Crippen molar-refractivity contribution in [2.75, 3.05) is 39.9 Å². The molecule has 3 unspecified atom stereocenters. The molecule has 0 aromatic rings. The summed E-state index contributed by atoms with van der Waals surface area (Å²) in [6, 6.07) is -0.0657. The molecule has 5 heteroatoms. The van der Waals surface area contributed by atoms with Crippen molar-refractivity contribution in [2.24, 2.45) is 17.6 Å². The highest BCUT2D eigenvalue weighted by molar-refractivity contribution is 5.81. The van der Waals surface area contributed by atoms with Gasteiger partial charge in [0, 0.05) is 26.8 Å². The van der Waals surface area contributed by atoms with Gasteiger partial charge in [-0.1, -0.05) is 6.92 Å². The number of carbonyl (C=O) groups is 1. The first-order valence-corrected chi connectivity index (χ1v) is 7.30. The SMILES string of the molecule is COCCCNC(=O)C(C)N1CCC(C)C(CN)C1. The molecule has 1 amide bonds. The Hall–Kier alpha value is -0.650. The molecule has 1 heterocycles. The van der Waals surface area contributed by atoms with Crippen LogP contribution in [-0.2, 0) is 9.53 Å². The standard InChI is InChI=1S/C14H29N3O2/c1-11-5-7-17(10-13(11)9-15)12(2)14(18)16-6-4-8-19-3/h11-13H,4-10,15H2,1-3H3,(H,16,18). The van der Waals surface area contributed by atoms with Gasteiger partial charge in [-0.25, -0.2) is 0 Å². The quantitative estimate of drug-likeness (QED) is 0.660. The number of likely N-dealkylation sites (tertiary alicyclic amines) is 1. The summed E-state index contributed by atoms with van der Waals surface area (Å²) in [5.74, 6) is 1.29. The van der Waals surface area contributed by atoms with Gasteiger partial charge in [0.15, 0.2) is 0 Å². The average molecular weight is 271 g/mol. The van der Waals surface area contributed by atoms with Crippen LogP contribution >= 0.6 is 0 Å². The summed E-state index contributed by atoms with van der Waals surface area (Å²) in [6.07, 6.45) is 1.99. The van der Waals surface area contributed by atoms with Crippen LogP contribution < -0.4 is 11.1 Å². The molecule has 1 saturated heterocycles. The van der Waals surface area contributed by atoms with E-state index in [2.05, 4.69) is 17.1 Å². The summed E-state index contributed by atoms with van der Waals surface area (Å²) in [5, 5.41) is 2.97. The number of ether oxygens (including phenoxy) is 1. The molecule has 0 saturated carbocycles. The average Bonchev–Trinajstić information content (AvgIpc) is 2.43. The number of amides is 1. The number of rotatable bonds is 7. The van der Waals surface area contributed by atoms with Crippen molar-refractivity contribution in [2.45, 2.75) is 32.7 Å². The Morgan fingerprint density at radius 1 is 1.58 bits per heavy atom. The first-order chi connectivity index (χ1) is 9.10. The number of carbonyl (C=O) groups excluding carboxylic acids is 1. The lowest BCUT2D eigenvalue weighted by Crippen LogP contribution is -2.52. The second kappa shape index (κ2) is 8.51. The molecular formula is C14H29N3O2. The Morgan fingerprint density at radius 3 is 2.95 bits per heavy atom. The molecule has 1 fully saturated rings. The molecule has 0 spiro atoms. The zero-order valence-corrected chi connectivity index (χ0v) is 12.5. The number of hydrogen-bond donors (Lipinski definition) is 2. The first-order valence-electron chi connectivity index (χ1n) is 7.30. The van der Waals surface area contributed by atoms with Crippen LogP contribution in [0.25, 0.3) is 0 Å². The van der Waals surface area contributed by atoms with Crippen LogP contribution in [0.15, 0.2) is 0 Å². The van der Waals surface area contributed by atoms with Gasteiger partial charge in [0.2, 0.25) is 5.91 Å². The van der Waals surface area contributed by atoms with Crippen LogP contribution in [0.4, 0.5) is 0 Å². The van der Waals surface area contributed by atoms with E-state index in [-0.39, 0.29) is 11.9 Å². The Balaban J connectivity index is 2.35. The van der Waals surface area contributed by atoms with Crippen LogP contribution in [-0.4, -0.2) is 56.7 Å². The summed E-state index contributed by atoms with van der Waals surface area (Å²) in [4.78, 5) is 14.3. The highest BCUT2D eigenvalue weighted by atomic mass is 16.5. The van der Waals surface area contributed by atoms with E-state index in [0.29, 0.717) is 31.5 Å². The third kappa shape index (κ3) is 5.09. The highest BCUT2D eigenvalue weighted by Crippen LogP contribution is 2.23. The predicted octanol–water partition coefficient (Wildman–Crippen LogP) is 0.444. The highest BCUT2D eigenvalue weighted by Gasteiger charge is 2.30. The van der Waals surface area contributed by atoms with E-state index in [1.807, 2.05) is 6.92 Å². The maximum Gasteiger partial charge on any atom is 0.237 e. The number of nitrogens with zero attached hydrogens (tertiary/aromatic N) is 1. The topological polar surface area (TPSA) is 67.6 Å². The minimum absolute atomic E-state index is 0.0657. The van der Waals surface area contributed by atoms with E-state index in [0.717, 1.165) is 25.9 Å². The molecule has 0 radical (unpaired) electrons. The number of nitrogens with two attached hydrogens (primary N) is 1. The van der Waals surface area contributed by atoms with Gasteiger partial charge in [-0.05, 0) is 44.7 Å². The number of nitrogens with one attached hydrogen (secondary N) is 1. The number of piperidine rings is 1. The molecule has 0 aliphatic carbocycles. The third-order valence-corrected chi connectivity index (χ3v) is 4.20. The van der Waals surface area contributed by atoms with Crippen LogP contribution in [0.2, 0.25) is 0 Å². The summed E-state index contributed by atoms with van der Waals surface area (Å²) >= 11 is 0. The molecule has 1 rings (SSSR count).